The molecular formula is C15H20ClN3O2S. The van der Waals surface area contributed by atoms with Crippen molar-refractivity contribution < 1.29 is 8.42 Å². The molecule has 120 valence electrons. The van der Waals surface area contributed by atoms with E-state index in [0.717, 1.165) is 19.4 Å². The third-order valence-electron chi connectivity index (χ3n) is 4.16. The summed E-state index contributed by atoms with van der Waals surface area (Å²) in [5, 5.41) is 12.2. The second kappa shape index (κ2) is 6.55. The molecule has 0 radical (unpaired) electrons. The number of rotatable bonds is 4. The second-order valence-electron chi connectivity index (χ2n) is 6.21. The van der Waals surface area contributed by atoms with E-state index in [4.69, 9.17) is 16.9 Å². The van der Waals surface area contributed by atoms with Crippen LogP contribution in [0, 0.1) is 16.7 Å². The molecule has 2 N–H and O–H groups in total. The number of nitrogens with one attached hydrogen (secondary N) is 2. The van der Waals surface area contributed by atoms with Gasteiger partial charge in [-0.05, 0) is 43.0 Å². The predicted octanol–water partition coefficient (Wildman–Crippen LogP) is 2.27. The highest BCUT2D eigenvalue weighted by Crippen LogP contribution is 2.30. The Morgan fingerprint density at radius 3 is 2.82 bits per heavy atom. The van der Waals surface area contributed by atoms with E-state index in [0.29, 0.717) is 12.1 Å². The van der Waals surface area contributed by atoms with E-state index in [1.54, 1.807) is 0 Å². The number of sulfonamides is 1. The van der Waals surface area contributed by atoms with Gasteiger partial charge in [0.2, 0.25) is 10.0 Å². The highest BCUT2D eigenvalue weighted by molar-refractivity contribution is 7.89. The molecule has 0 aliphatic carbocycles. The molecule has 5 nitrogen and oxygen atoms in total. The molecular weight excluding hydrogens is 322 g/mol. The summed E-state index contributed by atoms with van der Waals surface area (Å²) >= 11 is 5.98. The van der Waals surface area contributed by atoms with Gasteiger partial charge in [-0.25, -0.2) is 13.1 Å². The van der Waals surface area contributed by atoms with Crippen LogP contribution in [0.25, 0.3) is 0 Å². The van der Waals surface area contributed by atoms with Crippen molar-refractivity contribution in [1.82, 2.24) is 10.0 Å². The fourth-order valence-electron chi connectivity index (χ4n) is 2.68. The maximum absolute atomic E-state index is 12.4. The van der Waals surface area contributed by atoms with Crippen LogP contribution in [0.1, 0.15) is 32.3 Å². The summed E-state index contributed by atoms with van der Waals surface area (Å²) in [4.78, 5) is 0.00165. The highest BCUT2D eigenvalue weighted by atomic mass is 35.5. The first-order chi connectivity index (χ1) is 10.3. The monoisotopic (exact) mass is 341 g/mol. The van der Waals surface area contributed by atoms with Gasteiger partial charge in [-0.1, -0.05) is 25.4 Å². The number of halogens is 1. The van der Waals surface area contributed by atoms with E-state index in [1.807, 2.05) is 6.07 Å². The van der Waals surface area contributed by atoms with Crippen LogP contribution in [0.3, 0.4) is 0 Å². The number of benzene rings is 1. The summed E-state index contributed by atoms with van der Waals surface area (Å²) in [6, 6.07) is 6.18. The lowest BCUT2D eigenvalue weighted by Crippen LogP contribution is -2.52. The molecule has 0 amide bonds. The summed E-state index contributed by atoms with van der Waals surface area (Å²) in [6.45, 7) is 5.47. The molecule has 1 fully saturated rings. The smallest absolute Gasteiger partial charge is 0.242 e. The molecule has 1 heterocycles. The minimum atomic E-state index is -3.70. The summed E-state index contributed by atoms with van der Waals surface area (Å²) in [7, 11) is -3.70. The number of hydrogen-bond donors (Lipinski definition) is 2. The van der Waals surface area contributed by atoms with Crippen LogP contribution in [-0.2, 0) is 10.0 Å². The van der Waals surface area contributed by atoms with E-state index in [1.165, 1.54) is 18.2 Å². The van der Waals surface area contributed by atoms with Crippen LogP contribution in [0.2, 0.25) is 5.02 Å². The SMILES string of the molecule is CC1(C)CCCNC1CNS(=O)(=O)c1ccc(C#N)cc1Cl. The Morgan fingerprint density at radius 1 is 1.50 bits per heavy atom. The summed E-state index contributed by atoms with van der Waals surface area (Å²) in [5.41, 5.74) is 0.369. The standard InChI is InChI=1S/C15H20ClN3O2S/c1-15(2)6-3-7-18-14(15)10-19-22(20,21)13-5-4-11(9-17)8-12(13)16/h4-5,8,14,18-19H,3,6-7,10H2,1-2H3. The van der Waals surface area contributed by atoms with Crippen LogP contribution in [-0.4, -0.2) is 27.5 Å². The molecule has 1 saturated heterocycles. The third-order valence-corrected chi connectivity index (χ3v) is 6.07. The van der Waals surface area contributed by atoms with Crippen molar-refractivity contribution in [2.75, 3.05) is 13.1 Å². The first-order valence-electron chi connectivity index (χ1n) is 7.19. The van der Waals surface area contributed by atoms with Crippen molar-refractivity contribution in [3.05, 3.63) is 28.8 Å². The predicted molar refractivity (Wildman–Crippen MR) is 86.2 cm³/mol. The Balaban J connectivity index is 2.13. The molecule has 2 rings (SSSR count). The van der Waals surface area contributed by atoms with Gasteiger partial charge in [-0.15, -0.1) is 0 Å². The Labute approximate surface area is 136 Å². The topological polar surface area (TPSA) is 82.0 Å². The molecule has 22 heavy (non-hydrogen) atoms. The molecule has 1 atom stereocenters. The quantitative estimate of drug-likeness (QED) is 0.880. The van der Waals surface area contributed by atoms with Gasteiger partial charge in [0.05, 0.1) is 16.7 Å². The van der Waals surface area contributed by atoms with Crippen LogP contribution in [0.4, 0.5) is 0 Å². The summed E-state index contributed by atoms with van der Waals surface area (Å²) < 4.78 is 27.4. The van der Waals surface area contributed by atoms with Gasteiger partial charge in [-0.3, -0.25) is 0 Å². The van der Waals surface area contributed by atoms with Crippen LogP contribution < -0.4 is 10.0 Å². The van der Waals surface area contributed by atoms with Crippen molar-refractivity contribution in [2.24, 2.45) is 5.41 Å². The van der Waals surface area contributed by atoms with Gasteiger partial charge in [0, 0.05) is 12.6 Å². The zero-order valence-corrected chi connectivity index (χ0v) is 14.3. The van der Waals surface area contributed by atoms with E-state index < -0.39 is 10.0 Å². The van der Waals surface area contributed by atoms with E-state index in [2.05, 4.69) is 23.9 Å². The fourth-order valence-corrected chi connectivity index (χ4v) is 4.27. The Kier molecular flexibility index (Phi) is 5.13. The molecule has 1 unspecified atom stereocenters. The lowest BCUT2D eigenvalue weighted by molar-refractivity contribution is 0.181. The van der Waals surface area contributed by atoms with Crippen LogP contribution in [0.5, 0.6) is 0 Å². The average Bonchev–Trinajstić information content (AvgIpc) is 2.45. The van der Waals surface area contributed by atoms with Crippen molar-refractivity contribution in [3.63, 3.8) is 0 Å². The van der Waals surface area contributed by atoms with Crippen LogP contribution >= 0.6 is 11.6 Å². The molecule has 0 aromatic heterocycles. The Bertz CT molecular complexity index is 695. The van der Waals surface area contributed by atoms with Crippen molar-refractivity contribution in [1.29, 1.82) is 5.26 Å². The zero-order chi connectivity index (χ0) is 16.4. The number of nitrogens with zero attached hydrogens (tertiary/aromatic N) is 1. The first-order valence-corrected chi connectivity index (χ1v) is 9.05. The van der Waals surface area contributed by atoms with Gasteiger partial charge in [0.15, 0.2) is 0 Å². The van der Waals surface area contributed by atoms with Gasteiger partial charge in [0.1, 0.15) is 4.90 Å². The molecule has 1 aromatic carbocycles. The van der Waals surface area contributed by atoms with Crippen molar-refractivity contribution in [3.8, 4) is 6.07 Å². The van der Waals surface area contributed by atoms with Crippen LogP contribution in [0.15, 0.2) is 23.1 Å². The minimum Gasteiger partial charge on any atom is -0.312 e. The molecule has 0 bridgehead atoms. The van der Waals surface area contributed by atoms with Crippen molar-refractivity contribution in [2.45, 2.75) is 37.6 Å². The molecule has 1 aliphatic rings. The second-order valence-corrected chi connectivity index (χ2v) is 8.35. The first kappa shape index (κ1) is 17.2. The number of hydrogen-bond acceptors (Lipinski definition) is 4. The van der Waals surface area contributed by atoms with Crippen molar-refractivity contribution >= 4 is 21.6 Å². The van der Waals surface area contributed by atoms with Gasteiger partial charge in [0.25, 0.3) is 0 Å². The van der Waals surface area contributed by atoms with E-state index >= 15 is 0 Å². The third kappa shape index (κ3) is 3.79. The number of nitriles is 1. The molecule has 0 spiro atoms. The van der Waals surface area contributed by atoms with Gasteiger partial charge >= 0.3 is 0 Å². The fraction of sp³-hybridized carbons (Fsp3) is 0.533. The minimum absolute atomic E-state index is 0.00165. The van der Waals surface area contributed by atoms with E-state index in [-0.39, 0.29) is 21.4 Å². The maximum Gasteiger partial charge on any atom is 0.242 e. The Hall–Kier alpha value is -1.13. The zero-order valence-electron chi connectivity index (χ0n) is 12.7. The van der Waals surface area contributed by atoms with E-state index in [9.17, 15) is 8.42 Å². The molecule has 1 aromatic rings. The lowest BCUT2D eigenvalue weighted by atomic mass is 9.78. The highest BCUT2D eigenvalue weighted by Gasteiger charge is 2.33. The van der Waals surface area contributed by atoms with Gasteiger partial charge in [-0.2, -0.15) is 5.26 Å². The lowest BCUT2D eigenvalue weighted by Gasteiger charge is -2.39. The summed E-state index contributed by atoms with van der Waals surface area (Å²) in [5.74, 6) is 0. The molecule has 7 heteroatoms. The van der Waals surface area contributed by atoms with Gasteiger partial charge < -0.3 is 5.32 Å². The Morgan fingerprint density at radius 2 is 2.23 bits per heavy atom. The summed E-state index contributed by atoms with van der Waals surface area (Å²) in [6.07, 6.45) is 2.15. The molecule has 0 saturated carbocycles. The largest absolute Gasteiger partial charge is 0.312 e. The normalized spacial score (nSPS) is 21.3. The number of piperidine rings is 1. The average molecular weight is 342 g/mol. The molecule has 1 aliphatic heterocycles. The maximum atomic E-state index is 12.4.